The maximum atomic E-state index is 11.3. The van der Waals surface area contributed by atoms with Crippen molar-refractivity contribution in [3.05, 3.63) is 52.7 Å². The van der Waals surface area contributed by atoms with Gasteiger partial charge in [-0.3, -0.25) is 4.57 Å². The number of nitrogens with one attached hydrogen (secondary N) is 1. The number of hydrogen-bond acceptors (Lipinski definition) is 3. The molecule has 0 aliphatic heterocycles. The van der Waals surface area contributed by atoms with E-state index < -0.39 is 17.7 Å². The SMILES string of the molecule is O=C(O)C(c1ccccc1)n1cn[nH]c1=O. The smallest absolute Gasteiger partial charge is 0.344 e. The van der Waals surface area contributed by atoms with Crippen LogP contribution in [0, 0.1) is 0 Å². The summed E-state index contributed by atoms with van der Waals surface area (Å²) in [7, 11) is 0. The lowest BCUT2D eigenvalue weighted by Gasteiger charge is -2.12. The molecule has 2 aromatic rings. The average Bonchev–Trinajstić information content (AvgIpc) is 2.66. The fraction of sp³-hybridized carbons (Fsp3) is 0.100. The number of aliphatic carboxylic acids is 1. The van der Waals surface area contributed by atoms with Crippen LogP contribution in [0.25, 0.3) is 0 Å². The molecule has 16 heavy (non-hydrogen) atoms. The van der Waals surface area contributed by atoms with Gasteiger partial charge < -0.3 is 5.11 Å². The van der Waals surface area contributed by atoms with Gasteiger partial charge in [-0.2, -0.15) is 5.10 Å². The quantitative estimate of drug-likeness (QED) is 0.774. The molecular weight excluding hydrogens is 210 g/mol. The van der Waals surface area contributed by atoms with Gasteiger partial charge in [0.25, 0.3) is 0 Å². The first-order valence-corrected chi connectivity index (χ1v) is 4.59. The molecule has 1 atom stereocenters. The van der Waals surface area contributed by atoms with Crippen LogP contribution in [-0.4, -0.2) is 25.8 Å². The minimum absolute atomic E-state index is 0.526. The third-order valence-electron chi connectivity index (χ3n) is 2.20. The molecule has 2 N–H and O–H groups in total. The number of carboxylic acid groups (broad SMARTS) is 1. The fourth-order valence-electron chi connectivity index (χ4n) is 1.50. The fourth-order valence-corrected chi connectivity index (χ4v) is 1.50. The van der Waals surface area contributed by atoms with Gasteiger partial charge in [0.05, 0.1) is 0 Å². The van der Waals surface area contributed by atoms with Crippen molar-refractivity contribution in [1.82, 2.24) is 14.8 Å². The van der Waals surface area contributed by atoms with Crippen LogP contribution in [0.1, 0.15) is 11.6 Å². The summed E-state index contributed by atoms with van der Waals surface area (Å²) in [5, 5.41) is 14.8. The van der Waals surface area contributed by atoms with E-state index in [1.807, 2.05) is 0 Å². The van der Waals surface area contributed by atoms with Gasteiger partial charge in [-0.1, -0.05) is 30.3 Å². The van der Waals surface area contributed by atoms with E-state index in [0.717, 1.165) is 4.57 Å². The zero-order valence-electron chi connectivity index (χ0n) is 8.20. The predicted molar refractivity (Wildman–Crippen MR) is 55.1 cm³/mol. The van der Waals surface area contributed by atoms with Crippen molar-refractivity contribution in [3.8, 4) is 0 Å². The van der Waals surface area contributed by atoms with Crippen LogP contribution in [0.15, 0.2) is 41.5 Å². The highest BCUT2D eigenvalue weighted by atomic mass is 16.4. The van der Waals surface area contributed by atoms with Crippen molar-refractivity contribution >= 4 is 5.97 Å². The van der Waals surface area contributed by atoms with Crippen LogP contribution in [0.2, 0.25) is 0 Å². The molecule has 0 spiro atoms. The van der Waals surface area contributed by atoms with Gasteiger partial charge in [0, 0.05) is 0 Å². The van der Waals surface area contributed by atoms with Crippen LogP contribution < -0.4 is 5.69 Å². The first-order valence-electron chi connectivity index (χ1n) is 4.59. The van der Waals surface area contributed by atoms with Gasteiger partial charge in [-0.05, 0) is 5.56 Å². The third kappa shape index (κ3) is 1.72. The third-order valence-corrected chi connectivity index (χ3v) is 2.20. The number of rotatable bonds is 3. The normalized spacial score (nSPS) is 12.2. The zero-order chi connectivity index (χ0) is 11.5. The summed E-state index contributed by atoms with van der Waals surface area (Å²) in [5.41, 5.74) is -0.0187. The molecule has 1 aromatic carbocycles. The number of H-pyrrole nitrogens is 1. The highest BCUT2D eigenvalue weighted by Crippen LogP contribution is 2.15. The average molecular weight is 219 g/mol. The Morgan fingerprint density at radius 1 is 1.38 bits per heavy atom. The van der Waals surface area contributed by atoms with Crippen molar-refractivity contribution in [2.24, 2.45) is 0 Å². The molecule has 6 nitrogen and oxygen atoms in total. The summed E-state index contributed by atoms with van der Waals surface area (Å²) in [6.07, 6.45) is 1.17. The van der Waals surface area contributed by atoms with Crippen molar-refractivity contribution < 1.29 is 9.90 Å². The summed E-state index contributed by atoms with van der Waals surface area (Å²) < 4.78 is 1.04. The maximum Gasteiger partial charge on any atom is 0.344 e. The van der Waals surface area contributed by atoms with E-state index >= 15 is 0 Å². The molecule has 1 heterocycles. The monoisotopic (exact) mass is 219 g/mol. The van der Waals surface area contributed by atoms with Gasteiger partial charge >= 0.3 is 11.7 Å². The van der Waals surface area contributed by atoms with Crippen molar-refractivity contribution in [3.63, 3.8) is 0 Å². The Morgan fingerprint density at radius 3 is 2.56 bits per heavy atom. The molecule has 0 aliphatic carbocycles. The van der Waals surface area contributed by atoms with E-state index in [4.69, 9.17) is 5.11 Å². The molecular formula is C10H9N3O3. The number of hydrogen-bond donors (Lipinski definition) is 2. The van der Waals surface area contributed by atoms with Crippen molar-refractivity contribution in [1.29, 1.82) is 0 Å². The Balaban J connectivity index is 2.52. The molecule has 0 bridgehead atoms. The van der Waals surface area contributed by atoms with Gasteiger partial charge in [0.1, 0.15) is 6.33 Å². The Labute approximate surface area is 90.2 Å². The number of benzene rings is 1. The van der Waals surface area contributed by atoms with Crippen LogP contribution in [-0.2, 0) is 4.79 Å². The molecule has 1 aromatic heterocycles. The van der Waals surface area contributed by atoms with Crippen molar-refractivity contribution in [2.45, 2.75) is 6.04 Å². The van der Waals surface area contributed by atoms with Crippen LogP contribution in [0.4, 0.5) is 0 Å². The lowest BCUT2D eigenvalue weighted by atomic mass is 10.1. The summed E-state index contributed by atoms with van der Waals surface area (Å²) in [5.74, 6) is -1.10. The number of aromatic amines is 1. The Morgan fingerprint density at radius 2 is 2.06 bits per heavy atom. The summed E-state index contributed by atoms with van der Waals surface area (Å²) in [6.45, 7) is 0. The van der Waals surface area contributed by atoms with Crippen molar-refractivity contribution in [2.75, 3.05) is 0 Å². The molecule has 82 valence electrons. The van der Waals surface area contributed by atoms with E-state index in [1.165, 1.54) is 6.33 Å². The van der Waals surface area contributed by atoms with Crippen LogP contribution >= 0.6 is 0 Å². The summed E-state index contributed by atoms with van der Waals surface area (Å²) in [4.78, 5) is 22.5. The Hall–Kier alpha value is -2.37. The molecule has 1 unspecified atom stereocenters. The second-order valence-electron chi connectivity index (χ2n) is 3.22. The molecule has 0 aliphatic rings. The number of aromatic nitrogens is 3. The van der Waals surface area contributed by atoms with E-state index in [1.54, 1.807) is 30.3 Å². The van der Waals surface area contributed by atoms with Crippen LogP contribution in [0.5, 0.6) is 0 Å². The first kappa shape index (κ1) is 10.2. The van der Waals surface area contributed by atoms with E-state index in [-0.39, 0.29) is 0 Å². The Kier molecular flexibility index (Phi) is 2.55. The maximum absolute atomic E-state index is 11.3. The van der Waals surface area contributed by atoms with Gasteiger partial charge in [0.2, 0.25) is 0 Å². The van der Waals surface area contributed by atoms with E-state index in [0.29, 0.717) is 5.56 Å². The predicted octanol–water partition coefficient (Wildman–Crippen LogP) is 0.245. The molecule has 0 saturated carbocycles. The number of carbonyl (C=O) groups is 1. The highest BCUT2D eigenvalue weighted by Gasteiger charge is 2.23. The molecule has 0 saturated heterocycles. The lowest BCUT2D eigenvalue weighted by Crippen LogP contribution is -2.28. The van der Waals surface area contributed by atoms with Gasteiger partial charge in [-0.25, -0.2) is 14.7 Å². The molecule has 6 heteroatoms. The standard InChI is InChI=1S/C10H9N3O3/c14-9(15)8(7-4-2-1-3-5-7)13-6-11-12-10(13)16/h1-6,8H,(H,12,16)(H,14,15). The summed E-state index contributed by atoms with van der Waals surface area (Å²) in [6, 6.07) is 7.47. The minimum Gasteiger partial charge on any atom is -0.479 e. The molecule has 0 fully saturated rings. The van der Waals surface area contributed by atoms with Gasteiger partial charge in [-0.15, -0.1) is 0 Å². The molecule has 2 rings (SSSR count). The summed E-state index contributed by atoms with van der Waals surface area (Å²) >= 11 is 0. The largest absolute Gasteiger partial charge is 0.479 e. The second-order valence-corrected chi connectivity index (χ2v) is 3.22. The number of carboxylic acids is 1. The molecule has 0 radical (unpaired) electrons. The highest BCUT2D eigenvalue weighted by molar-refractivity contribution is 5.75. The number of nitrogens with zero attached hydrogens (tertiary/aromatic N) is 2. The van der Waals surface area contributed by atoms with Gasteiger partial charge in [0.15, 0.2) is 6.04 Å². The topological polar surface area (TPSA) is 88.0 Å². The second kappa shape index (κ2) is 4.01. The lowest BCUT2D eigenvalue weighted by molar-refractivity contribution is -0.139. The minimum atomic E-state index is -1.10. The zero-order valence-corrected chi connectivity index (χ0v) is 8.20. The molecule has 0 amide bonds. The van der Waals surface area contributed by atoms with E-state index in [2.05, 4.69) is 10.2 Å². The van der Waals surface area contributed by atoms with E-state index in [9.17, 15) is 9.59 Å². The van der Waals surface area contributed by atoms with Crippen LogP contribution in [0.3, 0.4) is 0 Å². The Bertz CT molecular complexity index is 544. The first-order chi connectivity index (χ1) is 7.70.